The first-order valence-electron chi connectivity index (χ1n) is 3.65. The average molecular weight is 179 g/mol. The summed E-state index contributed by atoms with van der Waals surface area (Å²) in [4.78, 5) is 10.1. The van der Waals surface area contributed by atoms with E-state index in [1.165, 1.54) is 6.08 Å². The molecule has 0 aliphatic rings. The average Bonchev–Trinajstić information content (AvgIpc) is 2.03. The van der Waals surface area contributed by atoms with Crippen molar-refractivity contribution in [2.24, 2.45) is 0 Å². The minimum atomic E-state index is -1.17. The normalized spacial score (nSPS) is 9.62. The van der Waals surface area contributed by atoms with Gasteiger partial charge in [-0.25, -0.2) is 0 Å². The summed E-state index contributed by atoms with van der Waals surface area (Å²) in [7, 11) is 0. The molecular weight excluding hydrogens is 166 g/mol. The molecule has 0 fully saturated rings. The van der Waals surface area contributed by atoms with Crippen molar-refractivity contribution in [2.45, 2.75) is 6.92 Å². The number of quaternary nitrogens is 1. The van der Waals surface area contributed by atoms with Crippen molar-refractivity contribution >= 4 is 12.0 Å². The van der Waals surface area contributed by atoms with Crippen LogP contribution >= 0.6 is 0 Å². The van der Waals surface area contributed by atoms with Crippen LogP contribution in [-0.2, 0) is 4.79 Å². The molecule has 0 spiro atoms. The Morgan fingerprint density at radius 3 is 2.54 bits per heavy atom. The highest BCUT2D eigenvalue weighted by Crippen LogP contribution is 2.07. The van der Waals surface area contributed by atoms with Crippen LogP contribution in [0.2, 0.25) is 0 Å². The van der Waals surface area contributed by atoms with Gasteiger partial charge in [-0.05, 0) is 24.1 Å². The van der Waals surface area contributed by atoms with Crippen molar-refractivity contribution in [2.75, 3.05) is 0 Å². The van der Waals surface area contributed by atoms with Crippen molar-refractivity contribution in [3.05, 3.63) is 41.5 Å². The zero-order valence-electron chi connectivity index (χ0n) is 7.78. The third kappa shape index (κ3) is 3.53. The van der Waals surface area contributed by atoms with E-state index in [-0.39, 0.29) is 6.15 Å². The number of hydrogen-bond acceptors (Lipinski definition) is 2. The summed E-state index contributed by atoms with van der Waals surface area (Å²) in [5.41, 5.74) is 1.96. The lowest BCUT2D eigenvalue weighted by atomic mass is 10.1. The van der Waals surface area contributed by atoms with E-state index in [2.05, 4.69) is 0 Å². The van der Waals surface area contributed by atoms with Gasteiger partial charge in [0, 0.05) is 0 Å². The fraction of sp³-hybridized carbons (Fsp3) is 0.100. The van der Waals surface area contributed by atoms with E-state index in [9.17, 15) is 9.90 Å². The lowest BCUT2D eigenvalue weighted by molar-refractivity contribution is -0.297. The fourth-order valence-corrected chi connectivity index (χ4v) is 0.932. The molecule has 0 amide bonds. The van der Waals surface area contributed by atoms with Crippen LogP contribution in [0.25, 0.3) is 6.08 Å². The van der Waals surface area contributed by atoms with Gasteiger partial charge in [0.1, 0.15) is 0 Å². The first-order valence-corrected chi connectivity index (χ1v) is 3.65. The summed E-state index contributed by atoms with van der Waals surface area (Å²) in [6.07, 6.45) is 2.56. The second-order valence-corrected chi connectivity index (χ2v) is 2.51. The van der Waals surface area contributed by atoms with Gasteiger partial charge in [-0.1, -0.05) is 30.3 Å². The molecule has 0 aromatic heterocycles. The molecule has 0 radical (unpaired) electrons. The number of carbonyl (C=O) groups is 1. The molecule has 0 heterocycles. The van der Waals surface area contributed by atoms with Crippen molar-refractivity contribution in [3.63, 3.8) is 0 Å². The molecular formula is C10H13NO2. The number of hydrogen-bond donors (Lipinski definition) is 1. The quantitative estimate of drug-likeness (QED) is 0.691. The smallest absolute Gasteiger partial charge is 0.0643 e. The summed E-state index contributed by atoms with van der Waals surface area (Å²) in [6, 6.07) is 7.55. The Morgan fingerprint density at radius 1 is 1.38 bits per heavy atom. The van der Waals surface area contributed by atoms with E-state index in [1.807, 2.05) is 31.2 Å². The molecule has 0 unspecified atom stereocenters. The lowest BCUT2D eigenvalue weighted by Gasteiger charge is -1.98. The SMILES string of the molecule is Cc1ccccc1C=CC(=O)[O-].[NH4+]. The maximum Gasteiger partial charge on any atom is 0.0643 e. The van der Waals surface area contributed by atoms with Crippen LogP contribution in [0.4, 0.5) is 0 Å². The third-order valence-corrected chi connectivity index (χ3v) is 1.59. The lowest BCUT2D eigenvalue weighted by Crippen LogP contribution is -2.18. The molecule has 1 rings (SSSR count). The Kier molecular flexibility index (Phi) is 4.48. The fourth-order valence-electron chi connectivity index (χ4n) is 0.932. The predicted octanol–water partition coefficient (Wildman–Crippen LogP) is 1.13. The number of rotatable bonds is 2. The van der Waals surface area contributed by atoms with Crippen molar-refractivity contribution in [3.8, 4) is 0 Å². The Hall–Kier alpha value is -1.61. The third-order valence-electron chi connectivity index (χ3n) is 1.59. The maximum absolute atomic E-state index is 10.1. The van der Waals surface area contributed by atoms with Crippen molar-refractivity contribution in [1.29, 1.82) is 0 Å². The Morgan fingerprint density at radius 2 is 2.00 bits per heavy atom. The minimum absolute atomic E-state index is 0. The first-order chi connectivity index (χ1) is 5.70. The Balaban J connectivity index is 0.00000144. The highest BCUT2D eigenvalue weighted by molar-refractivity contribution is 5.83. The first kappa shape index (κ1) is 11.4. The number of carboxylic acids is 1. The van der Waals surface area contributed by atoms with Crippen LogP contribution in [0.15, 0.2) is 30.3 Å². The molecule has 3 nitrogen and oxygen atoms in total. The number of benzene rings is 1. The van der Waals surface area contributed by atoms with Gasteiger partial charge in [0.2, 0.25) is 0 Å². The molecule has 0 atom stereocenters. The zero-order valence-corrected chi connectivity index (χ0v) is 7.78. The summed E-state index contributed by atoms with van der Waals surface area (Å²) >= 11 is 0. The van der Waals surface area contributed by atoms with Gasteiger partial charge in [0.15, 0.2) is 0 Å². The van der Waals surface area contributed by atoms with E-state index in [1.54, 1.807) is 0 Å². The summed E-state index contributed by atoms with van der Waals surface area (Å²) < 4.78 is 0. The van der Waals surface area contributed by atoms with Gasteiger partial charge in [-0.15, -0.1) is 0 Å². The predicted molar refractivity (Wildman–Crippen MR) is 51.2 cm³/mol. The molecule has 0 aliphatic carbocycles. The zero-order chi connectivity index (χ0) is 8.97. The van der Waals surface area contributed by atoms with Crippen LogP contribution in [0.1, 0.15) is 11.1 Å². The van der Waals surface area contributed by atoms with Gasteiger partial charge in [0.25, 0.3) is 0 Å². The van der Waals surface area contributed by atoms with E-state index < -0.39 is 5.97 Å². The van der Waals surface area contributed by atoms with Crippen LogP contribution in [0.3, 0.4) is 0 Å². The largest absolute Gasteiger partial charge is 0.545 e. The Labute approximate surface area is 77.3 Å². The van der Waals surface area contributed by atoms with Crippen LogP contribution < -0.4 is 11.3 Å². The highest BCUT2D eigenvalue weighted by atomic mass is 16.4. The van der Waals surface area contributed by atoms with Gasteiger partial charge in [-0.3, -0.25) is 0 Å². The number of carboxylic acid groups (broad SMARTS) is 1. The monoisotopic (exact) mass is 179 g/mol. The van der Waals surface area contributed by atoms with Crippen LogP contribution in [-0.4, -0.2) is 5.97 Å². The van der Waals surface area contributed by atoms with Crippen molar-refractivity contribution < 1.29 is 9.90 Å². The molecule has 3 heteroatoms. The minimum Gasteiger partial charge on any atom is -0.545 e. The second kappa shape index (κ2) is 5.11. The van der Waals surface area contributed by atoms with Gasteiger partial charge in [0.05, 0.1) is 5.97 Å². The van der Waals surface area contributed by atoms with E-state index in [0.29, 0.717) is 0 Å². The van der Waals surface area contributed by atoms with Crippen LogP contribution in [0.5, 0.6) is 0 Å². The summed E-state index contributed by atoms with van der Waals surface area (Å²) in [6.45, 7) is 1.93. The van der Waals surface area contributed by atoms with E-state index in [0.717, 1.165) is 17.2 Å². The number of aliphatic carboxylic acids is 1. The van der Waals surface area contributed by atoms with E-state index >= 15 is 0 Å². The molecule has 1 aromatic carbocycles. The maximum atomic E-state index is 10.1. The summed E-state index contributed by atoms with van der Waals surface area (Å²) in [5, 5.41) is 10.1. The second-order valence-electron chi connectivity index (χ2n) is 2.51. The van der Waals surface area contributed by atoms with Crippen molar-refractivity contribution in [1.82, 2.24) is 6.15 Å². The topological polar surface area (TPSA) is 76.6 Å². The van der Waals surface area contributed by atoms with Crippen LogP contribution in [0, 0.1) is 6.92 Å². The highest BCUT2D eigenvalue weighted by Gasteiger charge is 1.89. The molecule has 0 saturated heterocycles. The molecule has 4 N–H and O–H groups in total. The van der Waals surface area contributed by atoms with Gasteiger partial charge in [-0.2, -0.15) is 0 Å². The molecule has 1 aromatic rings. The molecule has 70 valence electrons. The van der Waals surface area contributed by atoms with Gasteiger partial charge < -0.3 is 16.1 Å². The molecule has 0 bridgehead atoms. The van der Waals surface area contributed by atoms with E-state index in [4.69, 9.17) is 0 Å². The number of aryl methyl sites for hydroxylation is 1. The van der Waals surface area contributed by atoms with Gasteiger partial charge >= 0.3 is 0 Å². The number of carbonyl (C=O) groups excluding carboxylic acids is 1. The standard InChI is InChI=1S/C10H10O2.H3N/c1-8-4-2-3-5-9(8)6-7-10(11)12;/h2-7H,1H3,(H,11,12);1H3. The molecule has 0 aliphatic heterocycles. The molecule has 0 saturated carbocycles. The Bertz CT molecular complexity index is 318. The molecule has 13 heavy (non-hydrogen) atoms. The summed E-state index contributed by atoms with van der Waals surface area (Å²) in [5.74, 6) is -1.17.